The van der Waals surface area contributed by atoms with Gasteiger partial charge in [0.1, 0.15) is 0 Å². The number of benzene rings is 2. The van der Waals surface area contributed by atoms with E-state index in [2.05, 4.69) is 81.0 Å². The Morgan fingerprint density at radius 1 is 0.857 bits per heavy atom. The minimum absolute atomic E-state index is 0.209. The summed E-state index contributed by atoms with van der Waals surface area (Å²) in [6, 6.07) is 17.8. The van der Waals surface area contributed by atoms with Gasteiger partial charge in [0.15, 0.2) is 0 Å². The number of aryl methyl sites for hydroxylation is 2. The van der Waals surface area contributed by atoms with Gasteiger partial charge in [0.25, 0.3) is 0 Å². The minimum Gasteiger partial charge on any atom is -0.368 e. The smallest absolute Gasteiger partial charge is 0.230 e. The maximum atomic E-state index is 13.8. The van der Waals surface area contributed by atoms with Crippen LogP contribution in [0.1, 0.15) is 44.1 Å². The fourth-order valence-corrected chi connectivity index (χ4v) is 6.65. The zero-order valence-corrected chi connectivity index (χ0v) is 21.0. The van der Waals surface area contributed by atoms with Crippen molar-refractivity contribution in [1.82, 2.24) is 9.47 Å². The van der Waals surface area contributed by atoms with Gasteiger partial charge in [-0.1, -0.05) is 43.5 Å². The van der Waals surface area contributed by atoms with Crippen LogP contribution in [0.2, 0.25) is 0 Å². The number of carbonyl (C=O) groups excluding carboxylic acids is 1. The third-order valence-corrected chi connectivity index (χ3v) is 8.64. The van der Waals surface area contributed by atoms with E-state index >= 15 is 0 Å². The van der Waals surface area contributed by atoms with Crippen molar-refractivity contribution in [3.63, 3.8) is 0 Å². The number of para-hydroxylation sites is 1. The van der Waals surface area contributed by atoms with Gasteiger partial charge in [0.2, 0.25) is 5.91 Å². The molecular weight excluding hydrogens is 432 g/mol. The summed E-state index contributed by atoms with van der Waals surface area (Å²) < 4.78 is 2.20. The molecule has 0 radical (unpaired) electrons. The number of aromatic nitrogens is 1. The topological polar surface area (TPSA) is 31.7 Å². The van der Waals surface area contributed by atoms with Crippen molar-refractivity contribution >= 4 is 28.2 Å². The molecule has 2 aliphatic heterocycles. The summed E-state index contributed by atoms with van der Waals surface area (Å²) in [6.07, 6.45) is 10.1. The normalized spacial score (nSPS) is 21.9. The molecule has 3 heterocycles. The van der Waals surface area contributed by atoms with Gasteiger partial charge < -0.3 is 14.4 Å². The van der Waals surface area contributed by atoms with Crippen LogP contribution in [0.5, 0.6) is 0 Å². The van der Waals surface area contributed by atoms with Crippen LogP contribution in [0.25, 0.3) is 10.9 Å². The van der Waals surface area contributed by atoms with Crippen molar-refractivity contribution in [2.24, 2.45) is 13.0 Å². The average molecular weight is 471 g/mol. The Morgan fingerprint density at radius 3 is 2.46 bits per heavy atom. The second kappa shape index (κ2) is 9.69. The Balaban J connectivity index is 1.17. The molecule has 0 N–H and O–H groups in total. The molecule has 2 aromatic carbocycles. The number of fused-ring (bicyclic) bond motifs is 2. The molecule has 2 fully saturated rings. The zero-order valence-electron chi connectivity index (χ0n) is 21.0. The summed E-state index contributed by atoms with van der Waals surface area (Å²) in [7, 11) is 2.12. The lowest BCUT2D eigenvalue weighted by molar-refractivity contribution is -0.124. The summed E-state index contributed by atoms with van der Waals surface area (Å²) in [5.41, 5.74) is 5.16. The van der Waals surface area contributed by atoms with Crippen LogP contribution in [0, 0.1) is 5.92 Å². The molecular formula is C30H38N4O. The molecule has 6 rings (SSSR count). The van der Waals surface area contributed by atoms with Gasteiger partial charge in [-0.05, 0) is 55.5 Å². The summed E-state index contributed by atoms with van der Waals surface area (Å²) in [5, 5.41) is 1.34. The van der Waals surface area contributed by atoms with Crippen LogP contribution in [-0.2, 0) is 18.3 Å². The SMILES string of the molecule is Cn1ccc2c(N3CCN(C[C@H]4CCc5ccccc5N4C(=O)C4CCCCC4)CC3)cccc21. The summed E-state index contributed by atoms with van der Waals surface area (Å²) in [6.45, 7) is 5.15. The number of carbonyl (C=O) groups is 1. The quantitative estimate of drug-likeness (QED) is 0.523. The average Bonchev–Trinajstić information content (AvgIpc) is 3.30. The molecule has 1 saturated heterocycles. The third kappa shape index (κ3) is 4.35. The van der Waals surface area contributed by atoms with Gasteiger partial charge in [-0.3, -0.25) is 9.69 Å². The molecule has 1 amide bonds. The maximum absolute atomic E-state index is 13.8. The van der Waals surface area contributed by atoms with Gasteiger partial charge in [-0.25, -0.2) is 0 Å². The highest BCUT2D eigenvalue weighted by molar-refractivity contribution is 5.97. The second-order valence-electron chi connectivity index (χ2n) is 10.8. The molecule has 1 saturated carbocycles. The Kier molecular flexibility index (Phi) is 6.28. The number of rotatable bonds is 4. The monoisotopic (exact) mass is 470 g/mol. The van der Waals surface area contributed by atoms with E-state index in [4.69, 9.17) is 0 Å². The highest BCUT2D eigenvalue weighted by Gasteiger charge is 2.36. The van der Waals surface area contributed by atoms with E-state index in [9.17, 15) is 4.79 Å². The molecule has 35 heavy (non-hydrogen) atoms. The van der Waals surface area contributed by atoms with E-state index in [-0.39, 0.29) is 12.0 Å². The highest BCUT2D eigenvalue weighted by Crippen LogP contribution is 2.35. The van der Waals surface area contributed by atoms with Gasteiger partial charge in [-0.15, -0.1) is 0 Å². The van der Waals surface area contributed by atoms with Crippen LogP contribution in [0.4, 0.5) is 11.4 Å². The Bertz CT molecular complexity index is 1190. The lowest BCUT2D eigenvalue weighted by Gasteiger charge is -2.44. The molecule has 184 valence electrons. The molecule has 1 aliphatic carbocycles. The predicted molar refractivity (Wildman–Crippen MR) is 144 cm³/mol. The molecule has 3 aliphatic rings. The number of anilines is 2. The molecule has 5 heteroatoms. The molecule has 0 bridgehead atoms. The zero-order chi connectivity index (χ0) is 23.8. The first-order valence-electron chi connectivity index (χ1n) is 13.6. The first-order chi connectivity index (χ1) is 17.2. The molecule has 3 aromatic rings. The largest absolute Gasteiger partial charge is 0.368 e. The van der Waals surface area contributed by atoms with Crippen molar-refractivity contribution in [2.45, 2.75) is 51.0 Å². The number of hydrogen-bond acceptors (Lipinski definition) is 3. The van der Waals surface area contributed by atoms with Crippen molar-refractivity contribution < 1.29 is 4.79 Å². The third-order valence-electron chi connectivity index (χ3n) is 8.64. The Morgan fingerprint density at radius 2 is 1.63 bits per heavy atom. The van der Waals surface area contributed by atoms with Crippen molar-refractivity contribution in [2.75, 3.05) is 42.5 Å². The second-order valence-corrected chi connectivity index (χ2v) is 10.8. The first kappa shape index (κ1) is 22.7. The summed E-state index contributed by atoms with van der Waals surface area (Å²) >= 11 is 0. The van der Waals surface area contributed by atoms with Crippen LogP contribution in [-0.4, -0.2) is 54.1 Å². The first-order valence-corrected chi connectivity index (χ1v) is 13.6. The fourth-order valence-electron chi connectivity index (χ4n) is 6.65. The minimum atomic E-state index is 0.209. The van der Waals surface area contributed by atoms with Crippen LogP contribution < -0.4 is 9.80 Å². The van der Waals surface area contributed by atoms with Crippen LogP contribution in [0.15, 0.2) is 54.7 Å². The number of hydrogen-bond donors (Lipinski definition) is 0. The predicted octanol–water partition coefficient (Wildman–Crippen LogP) is 5.23. The lowest BCUT2D eigenvalue weighted by Crippen LogP contribution is -2.55. The van der Waals surface area contributed by atoms with E-state index in [1.54, 1.807) is 0 Å². The van der Waals surface area contributed by atoms with Gasteiger partial charge in [-0.2, -0.15) is 0 Å². The molecule has 5 nitrogen and oxygen atoms in total. The molecule has 0 spiro atoms. The highest BCUT2D eigenvalue weighted by atomic mass is 16.2. The Hall–Kier alpha value is -2.79. The lowest BCUT2D eigenvalue weighted by atomic mass is 9.86. The van der Waals surface area contributed by atoms with Crippen LogP contribution >= 0.6 is 0 Å². The number of amides is 1. The van der Waals surface area contributed by atoms with Crippen molar-refractivity contribution in [3.8, 4) is 0 Å². The maximum Gasteiger partial charge on any atom is 0.230 e. The van der Waals surface area contributed by atoms with Gasteiger partial charge in [0.05, 0.1) is 0 Å². The van der Waals surface area contributed by atoms with E-state index in [1.807, 2.05) is 0 Å². The number of nitrogens with zero attached hydrogens (tertiary/aromatic N) is 4. The van der Waals surface area contributed by atoms with Crippen molar-refractivity contribution in [1.29, 1.82) is 0 Å². The van der Waals surface area contributed by atoms with E-state index in [0.717, 1.165) is 58.4 Å². The molecule has 1 atom stereocenters. The molecule has 1 aromatic heterocycles. The van der Waals surface area contributed by atoms with Crippen LogP contribution in [0.3, 0.4) is 0 Å². The van der Waals surface area contributed by atoms with Gasteiger partial charge >= 0.3 is 0 Å². The summed E-state index contributed by atoms with van der Waals surface area (Å²) in [4.78, 5) is 21.2. The van der Waals surface area contributed by atoms with E-state index in [0.29, 0.717) is 5.91 Å². The standard InChI is InChI=1S/C30H38N4O/c1-31-17-16-26-28(31)12-7-13-29(26)33-20-18-32(19-21-33)22-25-15-14-23-8-5-6-11-27(23)34(25)30(35)24-9-3-2-4-10-24/h5-8,11-13,16-17,24-25H,2-4,9-10,14-15,18-22H2,1H3/t25-/m1/s1. The summed E-state index contributed by atoms with van der Waals surface area (Å²) in [5.74, 6) is 0.594. The molecule has 0 unspecified atom stereocenters. The van der Waals surface area contributed by atoms with E-state index in [1.165, 1.54) is 47.1 Å². The van der Waals surface area contributed by atoms with Crippen molar-refractivity contribution in [3.05, 3.63) is 60.3 Å². The van der Waals surface area contributed by atoms with E-state index < -0.39 is 0 Å². The fraction of sp³-hybridized carbons (Fsp3) is 0.500. The number of piperazine rings is 1. The van der Waals surface area contributed by atoms with Gasteiger partial charge in [0, 0.05) is 80.2 Å². The Labute approximate surface area is 209 Å².